The zero-order valence-corrected chi connectivity index (χ0v) is 16.7. The molecule has 0 aliphatic carbocycles. The fourth-order valence-electron chi connectivity index (χ4n) is 3.62. The molecule has 134 valence electrons. The van der Waals surface area contributed by atoms with Crippen LogP contribution in [0.2, 0.25) is 0 Å². The molecule has 0 radical (unpaired) electrons. The second kappa shape index (κ2) is 6.16. The van der Waals surface area contributed by atoms with Crippen molar-refractivity contribution in [3.63, 3.8) is 0 Å². The molecular formula is C18H34N2O2S. The quantitative estimate of drug-likeness (QED) is 0.723. The van der Waals surface area contributed by atoms with Crippen LogP contribution in [0.3, 0.4) is 0 Å². The zero-order valence-electron chi connectivity index (χ0n) is 15.9. The highest BCUT2D eigenvalue weighted by Gasteiger charge is 2.42. The average molecular weight is 343 g/mol. The van der Waals surface area contributed by atoms with Gasteiger partial charge in [0.25, 0.3) is 0 Å². The summed E-state index contributed by atoms with van der Waals surface area (Å²) < 4.78 is 27.9. The van der Waals surface area contributed by atoms with Crippen LogP contribution in [0.4, 0.5) is 0 Å². The van der Waals surface area contributed by atoms with Crippen LogP contribution in [0.25, 0.3) is 0 Å². The largest absolute Gasteiger partial charge is 0.297 e. The van der Waals surface area contributed by atoms with Gasteiger partial charge in [-0.25, -0.2) is 8.42 Å². The van der Waals surface area contributed by atoms with Crippen molar-refractivity contribution in [2.24, 2.45) is 5.41 Å². The number of hydrogen-bond donors (Lipinski definition) is 0. The molecule has 0 bridgehead atoms. The first-order valence-corrected chi connectivity index (χ1v) is 10.3. The molecule has 0 saturated carbocycles. The first kappa shape index (κ1) is 18.9. The Bertz CT molecular complexity index is 567. The topological polar surface area (TPSA) is 40.6 Å². The van der Waals surface area contributed by atoms with Crippen molar-refractivity contribution in [3.05, 3.63) is 11.6 Å². The molecule has 2 atom stereocenters. The van der Waals surface area contributed by atoms with Gasteiger partial charge in [0.1, 0.15) is 0 Å². The SMILES string of the molecule is CC1CC(C(C)(C)C)=CCN1S(=O)(=O)C1CCN(C(C)(C)C)C1. The Labute approximate surface area is 143 Å². The fraction of sp³-hybridized carbons (Fsp3) is 0.889. The minimum atomic E-state index is -3.23. The van der Waals surface area contributed by atoms with Crippen LogP contribution in [-0.2, 0) is 10.0 Å². The van der Waals surface area contributed by atoms with Gasteiger partial charge < -0.3 is 0 Å². The van der Waals surface area contributed by atoms with Gasteiger partial charge in [-0.05, 0) is 46.0 Å². The second-order valence-electron chi connectivity index (χ2n) is 9.17. The molecule has 2 rings (SSSR count). The number of sulfonamides is 1. The van der Waals surface area contributed by atoms with Crippen LogP contribution >= 0.6 is 0 Å². The van der Waals surface area contributed by atoms with E-state index in [2.05, 4.69) is 52.5 Å². The highest BCUT2D eigenvalue weighted by Crippen LogP contribution is 2.35. The van der Waals surface area contributed by atoms with Crippen molar-refractivity contribution >= 4 is 10.0 Å². The Morgan fingerprint density at radius 1 is 1.13 bits per heavy atom. The molecule has 2 aliphatic heterocycles. The summed E-state index contributed by atoms with van der Waals surface area (Å²) in [4.78, 5) is 2.29. The molecule has 0 aromatic rings. The van der Waals surface area contributed by atoms with Gasteiger partial charge in [-0.15, -0.1) is 0 Å². The molecule has 1 saturated heterocycles. The third-order valence-corrected chi connectivity index (χ3v) is 7.72. The molecule has 5 heteroatoms. The van der Waals surface area contributed by atoms with E-state index in [1.54, 1.807) is 4.31 Å². The predicted octanol–water partition coefficient (Wildman–Crippen LogP) is 3.26. The molecular weight excluding hydrogens is 308 g/mol. The smallest absolute Gasteiger partial charge is 0.218 e. The Hall–Kier alpha value is -0.390. The van der Waals surface area contributed by atoms with Gasteiger partial charge in [0, 0.05) is 31.2 Å². The van der Waals surface area contributed by atoms with Crippen LogP contribution in [0.1, 0.15) is 61.3 Å². The molecule has 0 aromatic carbocycles. The molecule has 2 aliphatic rings. The summed E-state index contributed by atoms with van der Waals surface area (Å²) in [6.45, 7) is 17.2. The van der Waals surface area contributed by atoms with E-state index in [1.807, 2.05) is 6.92 Å². The lowest BCUT2D eigenvalue weighted by Gasteiger charge is -2.38. The summed E-state index contributed by atoms with van der Waals surface area (Å²) in [6.07, 6.45) is 3.73. The summed E-state index contributed by atoms with van der Waals surface area (Å²) in [5.74, 6) is 0. The van der Waals surface area contributed by atoms with Crippen molar-refractivity contribution in [1.82, 2.24) is 9.21 Å². The fourth-order valence-corrected chi connectivity index (χ4v) is 5.64. The Morgan fingerprint density at radius 3 is 2.17 bits per heavy atom. The highest BCUT2D eigenvalue weighted by molar-refractivity contribution is 7.89. The second-order valence-corrected chi connectivity index (χ2v) is 11.3. The lowest BCUT2D eigenvalue weighted by atomic mass is 9.81. The Kier molecular flexibility index (Phi) is 5.07. The van der Waals surface area contributed by atoms with Gasteiger partial charge in [0.2, 0.25) is 10.0 Å². The summed E-state index contributed by atoms with van der Waals surface area (Å²) in [5.41, 5.74) is 1.54. The summed E-state index contributed by atoms with van der Waals surface area (Å²) in [7, 11) is -3.23. The molecule has 0 N–H and O–H groups in total. The first-order chi connectivity index (χ1) is 10.3. The Balaban J connectivity index is 2.14. The molecule has 0 aromatic heterocycles. The minimum absolute atomic E-state index is 0.0388. The molecule has 2 heterocycles. The molecule has 4 nitrogen and oxygen atoms in total. The summed E-state index contributed by atoms with van der Waals surface area (Å²) in [6, 6.07) is 0.0583. The van der Waals surface area contributed by atoms with E-state index in [4.69, 9.17) is 0 Å². The standard InChI is InChI=1S/C18H34N2O2S/c1-14-12-15(17(2,3)4)8-11-20(14)23(21,22)16-9-10-19(13-16)18(5,6)7/h8,14,16H,9-13H2,1-7H3. The normalized spacial score (nSPS) is 28.9. The third kappa shape index (κ3) is 3.99. The first-order valence-electron chi connectivity index (χ1n) is 8.78. The number of hydrogen-bond acceptors (Lipinski definition) is 3. The van der Waals surface area contributed by atoms with Crippen molar-refractivity contribution < 1.29 is 8.42 Å². The monoisotopic (exact) mass is 342 g/mol. The Morgan fingerprint density at radius 2 is 1.74 bits per heavy atom. The lowest BCUT2D eigenvalue weighted by Crippen LogP contribution is -2.48. The maximum absolute atomic E-state index is 13.1. The van der Waals surface area contributed by atoms with Gasteiger partial charge in [-0.3, -0.25) is 4.90 Å². The van der Waals surface area contributed by atoms with E-state index in [-0.39, 0.29) is 22.2 Å². The van der Waals surface area contributed by atoms with Crippen molar-refractivity contribution in [1.29, 1.82) is 0 Å². The minimum Gasteiger partial charge on any atom is -0.297 e. The van der Waals surface area contributed by atoms with Crippen molar-refractivity contribution in [2.75, 3.05) is 19.6 Å². The van der Waals surface area contributed by atoms with E-state index in [0.717, 1.165) is 19.4 Å². The predicted molar refractivity (Wildman–Crippen MR) is 97.0 cm³/mol. The van der Waals surface area contributed by atoms with E-state index in [1.165, 1.54) is 5.57 Å². The molecule has 1 fully saturated rings. The number of likely N-dealkylation sites (tertiary alicyclic amines) is 1. The maximum atomic E-state index is 13.1. The lowest BCUT2D eigenvalue weighted by molar-refractivity contribution is 0.175. The molecule has 0 amide bonds. The summed E-state index contributed by atoms with van der Waals surface area (Å²) >= 11 is 0. The van der Waals surface area contributed by atoms with E-state index in [9.17, 15) is 8.42 Å². The van der Waals surface area contributed by atoms with Crippen LogP contribution in [0.5, 0.6) is 0 Å². The number of nitrogens with zero attached hydrogens (tertiary/aromatic N) is 2. The van der Waals surface area contributed by atoms with Gasteiger partial charge in [0.05, 0.1) is 5.25 Å². The van der Waals surface area contributed by atoms with Gasteiger partial charge >= 0.3 is 0 Å². The highest BCUT2D eigenvalue weighted by atomic mass is 32.2. The van der Waals surface area contributed by atoms with Crippen LogP contribution < -0.4 is 0 Å². The third-order valence-electron chi connectivity index (χ3n) is 5.33. The van der Waals surface area contributed by atoms with Crippen LogP contribution in [0, 0.1) is 5.41 Å². The molecule has 2 unspecified atom stereocenters. The number of rotatable bonds is 2. The van der Waals surface area contributed by atoms with Gasteiger partial charge in [0.15, 0.2) is 0 Å². The molecule has 23 heavy (non-hydrogen) atoms. The van der Waals surface area contributed by atoms with E-state index in [0.29, 0.717) is 13.1 Å². The summed E-state index contributed by atoms with van der Waals surface area (Å²) in [5, 5.41) is -0.256. The van der Waals surface area contributed by atoms with Gasteiger partial charge in [-0.2, -0.15) is 4.31 Å². The van der Waals surface area contributed by atoms with E-state index >= 15 is 0 Å². The van der Waals surface area contributed by atoms with Crippen LogP contribution in [-0.4, -0.2) is 54.1 Å². The van der Waals surface area contributed by atoms with E-state index < -0.39 is 10.0 Å². The molecule has 0 spiro atoms. The average Bonchev–Trinajstić information content (AvgIpc) is 2.87. The maximum Gasteiger partial charge on any atom is 0.218 e. The zero-order chi connectivity index (χ0) is 17.6. The van der Waals surface area contributed by atoms with Crippen molar-refractivity contribution in [2.45, 2.75) is 78.1 Å². The van der Waals surface area contributed by atoms with Crippen LogP contribution in [0.15, 0.2) is 11.6 Å². The van der Waals surface area contributed by atoms with Gasteiger partial charge in [-0.1, -0.05) is 32.4 Å². The van der Waals surface area contributed by atoms with Crippen molar-refractivity contribution in [3.8, 4) is 0 Å².